The third-order valence-corrected chi connectivity index (χ3v) is 15.1. The molecule has 0 saturated carbocycles. The summed E-state index contributed by atoms with van der Waals surface area (Å²) < 4.78 is 69.7. The minimum absolute atomic E-state index is 0. The fraction of sp³-hybridized carbons (Fsp3) is 0.167. The van der Waals surface area contributed by atoms with Gasteiger partial charge in [0.2, 0.25) is 13.3 Å². The number of anilines is 4. The Bertz CT molecular complexity index is 3170. The van der Waals surface area contributed by atoms with E-state index in [1.807, 2.05) is 107 Å². The Morgan fingerprint density at radius 1 is 0.351 bits per heavy atom. The number of rotatable bonds is 10. The van der Waals surface area contributed by atoms with Gasteiger partial charge in [-0.05, 0) is 110 Å². The molecule has 8 aromatic carbocycles. The molecule has 2 N–H and O–H groups in total. The van der Waals surface area contributed by atoms with Gasteiger partial charge in [0.15, 0.2) is 0 Å². The molecule has 0 amide bonds. The summed E-state index contributed by atoms with van der Waals surface area (Å²) in [7, 11) is -8.93. The molecule has 2 saturated heterocycles. The third-order valence-electron chi connectivity index (χ3n) is 13.3. The van der Waals surface area contributed by atoms with Gasteiger partial charge in [-0.2, -0.15) is 16.8 Å². The summed E-state index contributed by atoms with van der Waals surface area (Å²) in [6, 6.07) is 61.1. The van der Waals surface area contributed by atoms with Gasteiger partial charge in [-0.3, -0.25) is 9.11 Å². The van der Waals surface area contributed by atoms with Crippen LogP contribution in [0.4, 0.5) is 22.7 Å². The Morgan fingerprint density at radius 2 is 0.581 bits per heavy atom. The first-order valence-electron chi connectivity index (χ1n) is 23.7. The Labute approximate surface area is 468 Å². The average molecular weight is 1210 g/mol. The topological polar surface area (TPSA) is 122 Å². The first kappa shape index (κ1) is 56.0. The van der Waals surface area contributed by atoms with Crippen molar-refractivity contribution in [1.82, 2.24) is 0 Å². The minimum atomic E-state index is -4.46. The summed E-state index contributed by atoms with van der Waals surface area (Å²) in [5.74, 6) is 0. The number of benzene rings is 8. The predicted octanol–water partition coefficient (Wildman–Crippen LogP) is 13.3. The summed E-state index contributed by atoms with van der Waals surface area (Å²) in [5, 5.41) is 0. The summed E-state index contributed by atoms with van der Waals surface area (Å²) in [5.41, 5.74) is 13.8. The molecule has 8 aromatic rings. The summed E-state index contributed by atoms with van der Waals surface area (Å²) in [4.78, 5) is 7.66. The van der Waals surface area contributed by atoms with Gasteiger partial charge in [-0.15, -0.1) is 0 Å². The van der Waals surface area contributed by atoms with Crippen molar-refractivity contribution in [3.8, 4) is 0 Å². The molecule has 0 aliphatic carbocycles. The molecule has 14 heteroatoms. The molecule has 4 radical (unpaired) electrons. The van der Waals surface area contributed by atoms with Crippen molar-refractivity contribution in [2.45, 2.75) is 75.5 Å². The third kappa shape index (κ3) is 11.6. The Morgan fingerprint density at radius 3 is 0.838 bits per heavy atom. The second kappa shape index (κ2) is 23.4. The Kier molecular flexibility index (Phi) is 17.7. The van der Waals surface area contributed by atoms with Crippen molar-refractivity contribution in [1.29, 1.82) is 0 Å². The monoisotopic (exact) mass is 1210 g/mol. The first-order chi connectivity index (χ1) is 34.5. The Balaban J connectivity index is 0.000000211. The van der Waals surface area contributed by atoms with E-state index in [0.717, 1.165) is 55.9 Å². The quantitative estimate of drug-likeness (QED) is 0.101. The largest absolute Gasteiger partial charge is 1.00 e. The van der Waals surface area contributed by atoms with Crippen LogP contribution in [0.5, 0.6) is 0 Å². The van der Waals surface area contributed by atoms with Crippen LogP contribution in [0.2, 0.25) is 0 Å². The molecule has 2 heterocycles. The van der Waals surface area contributed by atoms with Crippen molar-refractivity contribution in [2.24, 2.45) is 0 Å². The normalized spacial score (nSPS) is 17.5. The van der Waals surface area contributed by atoms with Gasteiger partial charge in [-0.25, -0.2) is 0 Å². The molecule has 384 valence electrons. The SMILES string of the molecule is Cc1cc(C)c(N2[C]N(c3ccccc3S(=O)(=O)O)[C@@H](c3ccccc3)[C@@H]2c2ccccc2)c(C)c1.Cc1cc(C)c(N2[C]N(c3ccccc3S(=O)(=O)O)[C@H](c3ccccc3)[C@H]2c2ccccc2)c(C)c1.[Ag+].[Ag+]. The number of hydrogen-bond donors (Lipinski definition) is 2. The van der Waals surface area contributed by atoms with E-state index in [-0.39, 0.29) is 78.7 Å². The van der Waals surface area contributed by atoms with Crippen LogP contribution in [0.15, 0.2) is 204 Å². The fourth-order valence-electron chi connectivity index (χ4n) is 10.6. The molecule has 0 bridgehead atoms. The van der Waals surface area contributed by atoms with E-state index < -0.39 is 20.2 Å². The molecule has 2 aliphatic heterocycles. The average Bonchev–Trinajstić information content (AvgIpc) is 3.94. The Hall–Kier alpha value is -5.74. The van der Waals surface area contributed by atoms with Crippen LogP contribution in [0.1, 0.15) is 79.8 Å². The summed E-state index contributed by atoms with van der Waals surface area (Å²) in [6.07, 6.45) is 0. The molecule has 2 fully saturated rings. The molecule has 10 nitrogen and oxygen atoms in total. The van der Waals surface area contributed by atoms with Crippen LogP contribution in [0, 0.1) is 54.9 Å². The van der Waals surface area contributed by atoms with Crippen molar-refractivity contribution in [2.75, 3.05) is 19.6 Å². The first-order valence-corrected chi connectivity index (χ1v) is 26.6. The number of para-hydroxylation sites is 2. The van der Waals surface area contributed by atoms with Gasteiger partial charge < -0.3 is 19.6 Å². The zero-order chi connectivity index (χ0) is 50.9. The maximum absolute atomic E-state index is 12.4. The van der Waals surface area contributed by atoms with Crippen molar-refractivity contribution in [3.63, 3.8) is 0 Å². The maximum atomic E-state index is 12.4. The molecule has 2 aliphatic rings. The zero-order valence-electron chi connectivity index (χ0n) is 41.5. The number of nitrogens with zero attached hydrogens (tertiary/aromatic N) is 4. The van der Waals surface area contributed by atoms with Crippen LogP contribution in [0.25, 0.3) is 0 Å². The molecule has 0 aromatic heterocycles. The summed E-state index contributed by atoms with van der Waals surface area (Å²) >= 11 is 0. The fourth-order valence-corrected chi connectivity index (χ4v) is 12.0. The van der Waals surface area contributed by atoms with Crippen molar-refractivity contribution < 1.29 is 70.7 Å². The molecule has 4 atom stereocenters. The van der Waals surface area contributed by atoms with Gasteiger partial charge >= 0.3 is 44.8 Å². The second-order valence-electron chi connectivity index (χ2n) is 18.5. The van der Waals surface area contributed by atoms with Crippen LogP contribution in [0.3, 0.4) is 0 Å². The summed E-state index contributed by atoms with van der Waals surface area (Å²) in [6.45, 7) is 19.6. The van der Waals surface area contributed by atoms with Gasteiger partial charge in [-0.1, -0.05) is 181 Å². The van der Waals surface area contributed by atoms with Crippen LogP contribution < -0.4 is 19.6 Å². The molecule has 0 unspecified atom stereocenters. The van der Waals surface area contributed by atoms with E-state index in [2.05, 4.69) is 113 Å². The molecule has 10 rings (SSSR count). The van der Waals surface area contributed by atoms with E-state index in [0.29, 0.717) is 11.4 Å². The smallest absolute Gasteiger partial charge is 0.331 e. The molecular formula is C60H56Ag2N4O6S2+2. The van der Waals surface area contributed by atoms with E-state index in [9.17, 15) is 25.9 Å². The number of aryl methyl sites for hydroxylation is 6. The van der Waals surface area contributed by atoms with E-state index in [1.54, 1.807) is 36.4 Å². The van der Waals surface area contributed by atoms with Crippen LogP contribution in [-0.2, 0) is 65.0 Å². The van der Waals surface area contributed by atoms with Crippen LogP contribution >= 0.6 is 0 Å². The maximum Gasteiger partial charge on any atom is 1.00 e. The predicted molar refractivity (Wildman–Crippen MR) is 287 cm³/mol. The van der Waals surface area contributed by atoms with Crippen LogP contribution in [-0.4, -0.2) is 25.9 Å². The zero-order valence-corrected chi connectivity index (χ0v) is 46.1. The van der Waals surface area contributed by atoms with Crippen molar-refractivity contribution >= 4 is 43.0 Å². The minimum Gasteiger partial charge on any atom is -0.331 e. The van der Waals surface area contributed by atoms with E-state index in [1.165, 1.54) is 23.3 Å². The molecule has 0 spiro atoms. The molecular weight excluding hydrogens is 1150 g/mol. The van der Waals surface area contributed by atoms with Gasteiger partial charge in [0.1, 0.15) is 9.79 Å². The van der Waals surface area contributed by atoms with E-state index in [4.69, 9.17) is 0 Å². The van der Waals surface area contributed by atoms with Crippen molar-refractivity contribution in [3.05, 3.63) is 263 Å². The van der Waals surface area contributed by atoms with Gasteiger partial charge in [0.05, 0.1) is 35.5 Å². The van der Waals surface area contributed by atoms with Gasteiger partial charge in [0, 0.05) is 11.4 Å². The number of hydrogen-bond acceptors (Lipinski definition) is 8. The van der Waals surface area contributed by atoms with E-state index >= 15 is 0 Å². The standard InChI is InChI=1S/2C30H28N2O3S.2Ag/c2*1-21-18-22(2)28(23(3)19-21)32-20-31(26-16-10-11-17-27(26)36(33,34)35)29(24-12-6-4-7-13-24)30(32)25-14-8-5-9-15-25;;/h2*4-19,29-30H,1-3H3,(H,33,34,35);;/q;;2*+1/t2*29-,30-;;/m10../s1. The molecule has 74 heavy (non-hydrogen) atoms. The van der Waals surface area contributed by atoms with Gasteiger partial charge in [0.25, 0.3) is 20.2 Å². The second-order valence-corrected chi connectivity index (χ2v) is 21.3.